The maximum atomic E-state index is 11.7. The predicted molar refractivity (Wildman–Crippen MR) is 102 cm³/mol. The number of hydrogen-bond acceptors (Lipinski definition) is 6. The Balaban J connectivity index is 1.99. The number of rotatable bonds is 5. The number of aryl methyl sites for hydroxylation is 3. The first-order valence-corrected chi connectivity index (χ1v) is 8.12. The van der Waals surface area contributed by atoms with Crippen molar-refractivity contribution in [2.75, 3.05) is 10.6 Å². The van der Waals surface area contributed by atoms with Gasteiger partial charge in [0.2, 0.25) is 11.6 Å². The van der Waals surface area contributed by atoms with Gasteiger partial charge < -0.3 is 10.6 Å². The molecule has 3 aromatic rings. The first-order valence-electron chi connectivity index (χ1n) is 8.12. The van der Waals surface area contributed by atoms with Crippen LogP contribution >= 0.6 is 0 Å². The SMILES string of the molecule is Cc1ccc(Nc2ncnc(Nc3ccccc3C)c2[N+](=O)[O-])cc1C. The van der Waals surface area contributed by atoms with Crippen molar-refractivity contribution in [2.24, 2.45) is 0 Å². The van der Waals surface area contributed by atoms with E-state index in [2.05, 4.69) is 20.6 Å². The van der Waals surface area contributed by atoms with Crippen molar-refractivity contribution in [1.29, 1.82) is 0 Å². The van der Waals surface area contributed by atoms with Crippen LogP contribution in [0.5, 0.6) is 0 Å². The topological polar surface area (TPSA) is 93.0 Å². The normalized spacial score (nSPS) is 10.4. The Morgan fingerprint density at radius 3 is 2.23 bits per heavy atom. The summed E-state index contributed by atoms with van der Waals surface area (Å²) in [5, 5.41) is 17.7. The highest BCUT2D eigenvalue weighted by atomic mass is 16.6. The zero-order chi connectivity index (χ0) is 18.7. The third-order valence-electron chi connectivity index (χ3n) is 4.17. The minimum Gasteiger partial charge on any atom is -0.334 e. The highest BCUT2D eigenvalue weighted by Crippen LogP contribution is 2.33. The van der Waals surface area contributed by atoms with E-state index in [1.54, 1.807) is 0 Å². The van der Waals surface area contributed by atoms with Gasteiger partial charge in [-0.25, -0.2) is 9.97 Å². The summed E-state index contributed by atoms with van der Waals surface area (Å²) in [6, 6.07) is 13.3. The highest BCUT2D eigenvalue weighted by Gasteiger charge is 2.23. The minimum atomic E-state index is -0.482. The second-order valence-corrected chi connectivity index (χ2v) is 6.04. The molecule has 0 bridgehead atoms. The molecule has 0 fully saturated rings. The van der Waals surface area contributed by atoms with Crippen LogP contribution in [0.2, 0.25) is 0 Å². The average molecular weight is 349 g/mol. The van der Waals surface area contributed by atoms with E-state index < -0.39 is 4.92 Å². The van der Waals surface area contributed by atoms with Crippen molar-refractivity contribution < 1.29 is 4.92 Å². The van der Waals surface area contributed by atoms with E-state index in [-0.39, 0.29) is 17.3 Å². The molecule has 26 heavy (non-hydrogen) atoms. The third kappa shape index (κ3) is 3.61. The van der Waals surface area contributed by atoms with Crippen LogP contribution in [0.15, 0.2) is 48.8 Å². The molecule has 0 spiro atoms. The molecular formula is C19H19N5O2. The Morgan fingerprint density at radius 2 is 1.58 bits per heavy atom. The monoisotopic (exact) mass is 349 g/mol. The van der Waals surface area contributed by atoms with E-state index in [0.717, 1.165) is 28.1 Å². The fourth-order valence-corrected chi connectivity index (χ4v) is 2.53. The summed E-state index contributed by atoms with van der Waals surface area (Å²) in [6.07, 6.45) is 1.30. The van der Waals surface area contributed by atoms with E-state index in [1.807, 2.05) is 63.2 Å². The molecular weight excluding hydrogens is 330 g/mol. The van der Waals surface area contributed by atoms with Crippen LogP contribution in [-0.2, 0) is 0 Å². The number of aromatic nitrogens is 2. The van der Waals surface area contributed by atoms with Crippen LogP contribution in [0.25, 0.3) is 0 Å². The summed E-state index contributed by atoms with van der Waals surface area (Å²) in [7, 11) is 0. The third-order valence-corrected chi connectivity index (χ3v) is 4.17. The summed E-state index contributed by atoms with van der Waals surface area (Å²) in [4.78, 5) is 19.3. The Kier molecular flexibility index (Phi) is 4.79. The molecule has 2 N–H and O–H groups in total. The molecule has 0 aliphatic rings. The number of nitro groups is 1. The number of benzene rings is 2. The van der Waals surface area contributed by atoms with Crippen molar-refractivity contribution in [3.05, 3.63) is 75.6 Å². The van der Waals surface area contributed by atoms with E-state index in [0.29, 0.717) is 0 Å². The van der Waals surface area contributed by atoms with Crippen LogP contribution in [0.3, 0.4) is 0 Å². The van der Waals surface area contributed by atoms with E-state index in [9.17, 15) is 10.1 Å². The second-order valence-electron chi connectivity index (χ2n) is 6.04. The van der Waals surface area contributed by atoms with Crippen LogP contribution < -0.4 is 10.6 Å². The van der Waals surface area contributed by atoms with E-state index in [1.165, 1.54) is 6.33 Å². The summed E-state index contributed by atoms with van der Waals surface area (Å²) in [6.45, 7) is 5.92. The number of hydrogen-bond donors (Lipinski definition) is 2. The molecule has 1 heterocycles. The summed E-state index contributed by atoms with van der Waals surface area (Å²) in [5.74, 6) is 0.287. The lowest BCUT2D eigenvalue weighted by atomic mass is 10.1. The standard InChI is InChI=1S/C19H19N5O2/c1-12-8-9-15(10-14(12)3)22-18-17(24(25)26)19(21-11-20-18)23-16-7-5-4-6-13(16)2/h4-11H,1-3H3,(H2,20,21,22,23). The highest BCUT2D eigenvalue weighted by molar-refractivity contribution is 5.77. The quantitative estimate of drug-likeness (QED) is 0.508. The lowest BCUT2D eigenvalue weighted by Gasteiger charge is -2.12. The molecule has 0 unspecified atom stereocenters. The van der Waals surface area contributed by atoms with Crippen molar-refractivity contribution in [1.82, 2.24) is 9.97 Å². The van der Waals surface area contributed by atoms with Gasteiger partial charge in [-0.2, -0.15) is 0 Å². The van der Waals surface area contributed by atoms with Gasteiger partial charge in [0.25, 0.3) is 0 Å². The second kappa shape index (κ2) is 7.18. The number of nitrogens with zero attached hydrogens (tertiary/aromatic N) is 3. The van der Waals surface area contributed by atoms with Gasteiger partial charge in [0.05, 0.1) is 4.92 Å². The summed E-state index contributed by atoms with van der Waals surface area (Å²) < 4.78 is 0. The number of nitrogens with one attached hydrogen (secondary N) is 2. The Bertz CT molecular complexity index is 972. The first-order chi connectivity index (χ1) is 12.5. The first kappa shape index (κ1) is 17.3. The fourth-order valence-electron chi connectivity index (χ4n) is 2.53. The molecule has 0 radical (unpaired) electrons. The fraction of sp³-hybridized carbons (Fsp3) is 0.158. The number of anilines is 4. The summed E-state index contributed by atoms with van der Waals surface area (Å²) in [5.41, 5.74) is 4.49. The van der Waals surface area contributed by atoms with Crippen LogP contribution in [-0.4, -0.2) is 14.9 Å². The number of para-hydroxylation sites is 1. The van der Waals surface area contributed by atoms with Gasteiger partial charge in [-0.3, -0.25) is 10.1 Å². The molecule has 7 heteroatoms. The molecule has 0 aliphatic heterocycles. The molecule has 132 valence electrons. The molecule has 0 aliphatic carbocycles. The maximum absolute atomic E-state index is 11.7. The van der Waals surface area contributed by atoms with E-state index >= 15 is 0 Å². The van der Waals surface area contributed by atoms with Gasteiger partial charge in [0, 0.05) is 11.4 Å². The van der Waals surface area contributed by atoms with Crippen molar-refractivity contribution in [2.45, 2.75) is 20.8 Å². The molecule has 0 saturated carbocycles. The molecule has 0 saturated heterocycles. The van der Waals surface area contributed by atoms with Crippen molar-refractivity contribution in [3.8, 4) is 0 Å². The Labute approximate surface area is 151 Å². The van der Waals surface area contributed by atoms with Gasteiger partial charge >= 0.3 is 5.69 Å². The average Bonchev–Trinajstić information content (AvgIpc) is 2.60. The van der Waals surface area contributed by atoms with Gasteiger partial charge in [0.1, 0.15) is 6.33 Å². The molecule has 0 amide bonds. The van der Waals surface area contributed by atoms with Crippen molar-refractivity contribution in [3.63, 3.8) is 0 Å². The van der Waals surface area contributed by atoms with Crippen LogP contribution in [0, 0.1) is 30.9 Å². The van der Waals surface area contributed by atoms with Crippen molar-refractivity contribution >= 4 is 28.7 Å². The minimum absolute atomic E-state index is 0.143. The lowest BCUT2D eigenvalue weighted by Crippen LogP contribution is -2.06. The Morgan fingerprint density at radius 1 is 0.885 bits per heavy atom. The van der Waals surface area contributed by atoms with Crippen LogP contribution in [0.1, 0.15) is 16.7 Å². The largest absolute Gasteiger partial charge is 0.353 e. The maximum Gasteiger partial charge on any atom is 0.353 e. The van der Waals surface area contributed by atoms with Crippen LogP contribution in [0.4, 0.5) is 28.7 Å². The van der Waals surface area contributed by atoms with Gasteiger partial charge in [-0.05, 0) is 55.7 Å². The Hall–Kier alpha value is -3.48. The van der Waals surface area contributed by atoms with Gasteiger partial charge in [-0.1, -0.05) is 24.3 Å². The predicted octanol–water partition coefficient (Wildman–Crippen LogP) is 4.80. The summed E-state index contributed by atoms with van der Waals surface area (Å²) >= 11 is 0. The van der Waals surface area contributed by atoms with Gasteiger partial charge in [-0.15, -0.1) is 0 Å². The lowest BCUT2D eigenvalue weighted by molar-refractivity contribution is -0.383. The molecule has 7 nitrogen and oxygen atoms in total. The molecule has 2 aromatic carbocycles. The zero-order valence-corrected chi connectivity index (χ0v) is 14.8. The smallest absolute Gasteiger partial charge is 0.334 e. The van der Waals surface area contributed by atoms with Gasteiger partial charge in [0.15, 0.2) is 0 Å². The molecule has 0 atom stereocenters. The molecule has 3 rings (SSSR count). The molecule has 1 aromatic heterocycles. The zero-order valence-electron chi connectivity index (χ0n) is 14.8. The van der Waals surface area contributed by atoms with E-state index in [4.69, 9.17) is 0 Å².